The lowest BCUT2D eigenvalue weighted by molar-refractivity contribution is -0.142. The molecule has 0 fully saturated rings. The number of carbonyl (C=O) groups is 2. The zero-order valence-corrected chi connectivity index (χ0v) is 20.1. The Bertz CT molecular complexity index is 1150. The number of hydrogen-bond donors (Lipinski definition) is 0. The van der Waals surface area contributed by atoms with Gasteiger partial charge in [0, 0.05) is 16.2 Å². The molecule has 0 aliphatic carbocycles. The maximum absolute atomic E-state index is 13.1. The van der Waals surface area contributed by atoms with Gasteiger partial charge in [0.2, 0.25) is 0 Å². The highest BCUT2D eigenvalue weighted by molar-refractivity contribution is 7.99. The first-order chi connectivity index (χ1) is 16.3. The van der Waals surface area contributed by atoms with Crippen LogP contribution in [0.5, 0.6) is 5.75 Å². The average molecular weight is 485 g/mol. The van der Waals surface area contributed by atoms with Crippen LogP contribution < -0.4 is 4.74 Å². The summed E-state index contributed by atoms with van der Waals surface area (Å²) in [6, 6.07) is 17.5. The van der Waals surface area contributed by atoms with Gasteiger partial charge in [0.1, 0.15) is 17.4 Å². The van der Waals surface area contributed by atoms with E-state index in [1.807, 2.05) is 19.1 Å². The van der Waals surface area contributed by atoms with Gasteiger partial charge in [-0.25, -0.2) is 8.78 Å². The fourth-order valence-electron chi connectivity index (χ4n) is 3.53. The summed E-state index contributed by atoms with van der Waals surface area (Å²) in [5.41, 5.74) is 1.70. The second-order valence-electron chi connectivity index (χ2n) is 7.93. The van der Waals surface area contributed by atoms with E-state index in [2.05, 4.69) is 0 Å². The van der Waals surface area contributed by atoms with Gasteiger partial charge >= 0.3 is 5.97 Å². The molecular weight excluding hydrogens is 458 g/mol. The lowest BCUT2D eigenvalue weighted by Crippen LogP contribution is -2.38. The van der Waals surface area contributed by atoms with Crippen molar-refractivity contribution in [3.05, 3.63) is 95.1 Å². The molecule has 4 nitrogen and oxygen atoms in total. The molecule has 34 heavy (non-hydrogen) atoms. The first kappa shape index (κ1) is 25.4. The fourth-order valence-corrected chi connectivity index (χ4v) is 4.79. The van der Waals surface area contributed by atoms with Crippen LogP contribution in [0.1, 0.15) is 35.3 Å². The van der Waals surface area contributed by atoms with Gasteiger partial charge in [-0.2, -0.15) is 0 Å². The Hall–Kier alpha value is -3.19. The molecule has 1 atom stereocenters. The SMILES string of the molecule is CCOC(=O)Cc1ccc(F)cc1.COc1ccc2c(c1)SCC(C)(c1ccc(F)cc1)C2=O. The van der Waals surface area contributed by atoms with Crippen molar-refractivity contribution in [2.75, 3.05) is 19.5 Å². The molecule has 1 aliphatic rings. The van der Waals surface area contributed by atoms with Crippen LogP contribution in [-0.4, -0.2) is 31.2 Å². The highest BCUT2D eigenvalue weighted by Crippen LogP contribution is 2.42. The van der Waals surface area contributed by atoms with Gasteiger partial charge in [0.25, 0.3) is 0 Å². The zero-order valence-electron chi connectivity index (χ0n) is 19.3. The first-order valence-corrected chi connectivity index (χ1v) is 11.8. The number of halogens is 2. The quantitative estimate of drug-likeness (QED) is 0.415. The molecule has 0 N–H and O–H groups in total. The summed E-state index contributed by atoms with van der Waals surface area (Å²) >= 11 is 1.63. The molecule has 178 valence electrons. The minimum absolute atomic E-state index is 0.0745. The minimum Gasteiger partial charge on any atom is -0.497 e. The number of ketones is 1. The Morgan fingerprint density at radius 3 is 2.21 bits per heavy atom. The van der Waals surface area contributed by atoms with Gasteiger partial charge in [-0.15, -0.1) is 11.8 Å². The average Bonchev–Trinajstić information content (AvgIpc) is 2.84. The number of hydrogen-bond acceptors (Lipinski definition) is 5. The molecule has 1 aliphatic heterocycles. The summed E-state index contributed by atoms with van der Waals surface area (Å²) in [5, 5.41) is 0. The van der Waals surface area contributed by atoms with Crippen LogP contribution in [0, 0.1) is 11.6 Å². The molecule has 1 heterocycles. The van der Waals surface area contributed by atoms with E-state index >= 15 is 0 Å². The number of thioether (sulfide) groups is 1. The van der Waals surface area contributed by atoms with Crippen molar-refractivity contribution in [1.29, 1.82) is 0 Å². The van der Waals surface area contributed by atoms with Gasteiger partial charge < -0.3 is 9.47 Å². The van der Waals surface area contributed by atoms with Crippen LogP contribution in [0.15, 0.2) is 71.6 Å². The summed E-state index contributed by atoms with van der Waals surface area (Å²) in [6.45, 7) is 4.05. The fraction of sp³-hybridized carbons (Fsp3) is 0.259. The van der Waals surface area contributed by atoms with Crippen molar-refractivity contribution in [3.8, 4) is 5.75 Å². The van der Waals surface area contributed by atoms with Crippen LogP contribution in [0.4, 0.5) is 8.78 Å². The lowest BCUT2D eigenvalue weighted by atomic mass is 9.77. The Morgan fingerprint density at radius 1 is 1.00 bits per heavy atom. The van der Waals surface area contributed by atoms with Crippen molar-refractivity contribution >= 4 is 23.5 Å². The standard InChI is InChI=1S/C17H15FO2S.C10H11FO2/c1-17(11-3-5-12(18)6-4-11)10-21-15-9-13(20-2)7-8-14(15)16(17)19;1-2-13-10(12)7-8-3-5-9(11)6-4-8/h3-9H,10H2,1-2H3;3-6H,2,7H2,1H3. The normalized spacial score (nSPS) is 16.7. The van der Waals surface area contributed by atoms with Gasteiger partial charge in [0.15, 0.2) is 5.78 Å². The first-order valence-electron chi connectivity index (χ1n) is 10.8. The molecule has 0 amide bonds. The van der Waals surface area contributed by atoms with E-state index in [-0.39, 0.29) is 29.8 Å². The van der Waals surface area contributed by atoms with Crippen LogP contribution in [0.25, 0.3) is 0 Å². The number of fused-ring (bicyclic) bond motifs is 1. The summed E-state index contributed by atoms with van der Waals surface area (Å²) in [4.78, 5) is 24.8. The Balaban J connectivity index is 0.000000215. The molecule has 0 saturated heterocycles. The Morgan fingerprint density at radius 2 is 1.62 bits per heavy atom. The van der Waals surface area contributed by atoms with Crippen LogP contribution in [-0.2, 0) is 21.4 Å². The molecular formula is C27H26F2O4S. The van der Waals surface area contributed by atoms with Gasteiger partial charge in [-0.05, 0) is 67.4 Å². The van der Waals surface area contributed by atoms with Crippen molar-refractivity contribution in [2.45, 2.75) is 30.6 Å². The minimum atomic E-state index is -0.625. The highest BCUT2D eigenvalue weighted by atomic mass is 32.2. The second kappa shape index (κ2) is 11.3. The third-order valence-electron chi connectivity index (χ3n) is 5.50. The molecule has 0 saturated carbocycles. The monoisotopic (exact) mass is 484 g/mol. The van der Waals surface area contributed by atoms with E-state index in [0.29, 0.717) is 17.9 Å². The number of benzene rings is 3. The second-order valence-corrected chi connectivity index (χ2v) is 8.94. The van der Waals surface area contributed by atoms with Crippen molar-refractivity contribution in [2.24, 2.45) is 0 Å². The zero-order chi connectivity index (χ0) is 24.7. The number of carbonyl (C=O) groups excluding carboxylic acids is 2. The molecule has 4 rings (SSSR count). The highest BCUT2D eigenvalue weighted by Gasteiger charge is 2.40. The molecule has 0 aromatic heterocycles. The summed E-state index contributed by atoms with van der Waals surface area (Å²) in [6.07, 6.45) is 0.202. The predicted molar refractivity (Wildman–Crippen MR) is 129 cm³/mol. The predicted octanol–water partition coefficient (Wildman–Crippen LogP) is 6.01. The summed E-state index contributed by atoms with van der Waals surface area (Å²) < 4.78 is 35.5. The van der Waals surface area contributed by atoms with Crippen LogP contribution in [0.3, 0.4) is 0 Å². The number of ether oxygens (including phenoxy) is 2. The molecule has 3 aromatic carbocycles. The topological polar surface area (TPSA) is 52.6 Å². The molecule has 0 radical (unpaired) electrons. The molecule has 1 unspecified atom stereocenters. The number of Topliss-reactive ketones (excluding diaryl/α,β-unsaturated/α-hetero) is 1. The van der Waals surface area contributed by atoms with Gasteiger partial charge in [-0.3, -0.25) is 9.59 Å². The van der Waals surface area contributed by atoms with Crippen molar-refractivity contribution in [3.63, 3.8) is 0 Å². The third-order valence-corrected chi connectivity index (χ3v) is 6.87. The van der Waals surface area contributed by atoms with Crippen molar-refractivity contribution < 1.29 is 27.8 Å². The summed E-state index contributed by atoms with van der Waals surface area (Å²) in [5.74, 6) is 0.590. The van der Waals surface area contributed by atoms with Gasteiger partial charge in [0.05, 0.1) is 25.6 Å². The lowest BCUT2D eigenvalue weighted by Gasteiger charge is -2.33. The van der Waals surface area contributed by atoms with E-state index < -0.39 is 5.41 Å². The molecule has 3 aromatic rings. The Kier molecular flexibility index (Phi) is 8.45. The molecule has 0 spiro atoms. The van der Waals surface area contributed by atoms with Gasteiger partial charge in [-0.1, -0.05) is 24.3 Å². The van der Waals surface area contributed by atoms with E-state index in [9.17, 15) is 18.4 Å². The van der Waals surface area contributed by atoms with Crippen molar-refractivity contribution in [1.82, 2.24) is 0 Å². The summed E-state index contributed by atoms with van der Waals surface area (Å²) in [7, 11) is 1.61. The van der Waals surface area contributed by atoms with Crippen LogP contribution in [0.2, 0.25) is 0 Å². The van der Waals surface area contributed by atoms with E-state index in [1.54, 1.807) is 56.1 Å². The van der Waals surface area contributed by atoms with E-state index in [4.69, 9.17) is 9.47 Å². The number of methoxy groups -OCH3 is 1. The molecule has 0 bridgehead atoms. The largest absolute Gasteiger partial charge is 0.497 e. The smallest absolute Gasteiger partial charge is 0.310 e. The maximum Gasteiger partial charge on any atom is 0.310 e. The Labute approximate surface area is 202 Å². The van der Waals surface area contributed by atoms with Crippen LogP contribution >= 0.6 is 11.8 Å². The van der Waals surface area contributed by atoms with E-state index in [1.165, 1.54) is 24.3 Å². The number of esters is 1. The third kappa shape index (κ3) is 6.03. The number of rotatable bonds is 5. The molecule has 7 heteroatoms. The maximum atomic E-state index is 13.1. The van der Waals surface area contributed by atoms with E-state index in [0.717, 1.165) is 21.8 Å².